The van der Waals surface area contributed by atoms with E-state index in [9.17, 15) is 9.90 Å². The molecule has 2 N–H and O–H groups in total. The van der Waals surface area contributed by atoms with Crippen molar-refractivity contribution in [1.29, 1.82) is 0 Å². The van der Waals surface area contributed by atoms with Crippen LogP contribution in [0.25, 0.3) is 22.5 Å². The number of nitrogens with zero attached hydrogens (tertiary/aromatic N) is 1. The average molecular weight is 447 g/mol. The minimum Gasteiger partial charge on any atom is -0.507 e. The number of carbonyl (C=O) groups excluding carboxylic acids is 1. The third-order valence-corrected chi connectivity index (χ3v) is 5.57. The Labute approximate surface area is 197 Å². The Kier molecular flexibility index (Phi) is 5.91. The molecule has 4 aromatic carbocycles. The fourth-order valence-corrected chi connectivity index (χ4v) is 3.91. The number of aromatic nitrogens is 2. The number of hydrogen-bond donors (Lipinski definition) is 2. The van der Waals surface area contributed by atoms with E-state index < -0.39 is 0 Å². The molecule has 5 aromatic rings. The minimum atomic E-state index is -0.194. The summed E-state index contributed by atoms with van der Waals surface area (Å²) in [4.78, 5) is 13.7. The minimum absolute atomic E-state index is 0.00376. The summed E-state index contributed by atoms with van der Waals surface area (Å²) in [5.41, 5.74) is 4.02. The molecule has 0 fully saturated rings. The van der Waals surface area contributed by atoms with E-state index in [0.717, 1.165) is 11.1 Å². The van der Waals surface area contributed by atoms with Gasteiger partial charge in [-0.05, 0) is 17.7 Å². The fraction of sp³-hybridized carbons (Fsp3) is 0.0345. The fourth-order valence-electron chi connectivity index (χ4n) is 3.91. The maximum absolute atomic E-state index is 13.7. The van der Waals surface area contributed by atoms with Gasteiger partial charge in [-0.3, -0.25) is 9.89 Å². The van der Waals surface area contributed by atoms with Crippen molar-refractivity contribution in [2.24, 2.45) is 0 Å². The molecule has 0 atom stereocenters. The lowest BCUT2D eigenvalue weighted by molar-refractivity contribution is 0.104. The van der Waals surface area contributed by atoms with Gasteiger partial charge in [-0.25, -0.2) is 0 Å². The molecule has 5 heteroatoms. The van der Waals surface area contributed by atoms with Crippen molar-refractivity contribution in [3.05, 3.63) is 126 Å². The third kappa shape index (κ3) is 4.19. The van der Waals surface area contributed by atoms with Crippen molar-refractivity contribution < 1.29 is 14.6 Å². The van der Waals surface area contributed by atoms with E-state index in [1.165, 1.54) is 0 Å². The van der Waals surface area contributed by atoms with E-state index >= 15 is 0 Å². The topological polar surface area (TPSA) is 75.2 Å². The second-order valence-corrected chi connectivity index (χ2v) is 7.81. The van der Waals surface area contributed by atoms with Crippen LogP contribution in [0.15, 0.2) is 109 Å². The molecule has 0 radical (unpaired) electrons. The summed E-state index contributed by atoms with van der Waals surface area (Å²) in [7, 11) is 0. The Morgan fingerprint density at radius 1 is 0.794 bits per heavy atom. The summed E-state index contributed by atoms with van der Waals surface area (Å²) >= 11 is 0. The second-order valence-electron chi connectivity index (χ2n) is 7.81. The predicted molar refractivity (Wildman–Crippen MR) is 132 cm³/mol. The van der Waals surface area contributed by atoms with Crippen LogP contribution in [0.5, 0.6) is 11.5 Å². The number of carbonyl (C=O) groups is 1. The number of phenols is 1. The summed E-state index contributed by atoms with van der Waals surface area (Å²) in [6.07, 6.45) is 0. The Bertz CT molecular complexity index is 1410. The largest absolute Gasteiger partial charge is 0.507 e. The SMILES string of the molecule is O=C(c1ccccc1)c1c(-c2ccccc2)n[nH]c1-c1c(O)cccc1OCc1ccccc1. The molecule has 166 valence electrons. The molecule has 0 bridgehead atoms. The molecule has 0 unspecified atom stereocenters. The van der Waals surface area contributed by atoms with Gasteiger partial charge in [-0.2, -0.15) is 5.10 Å². The van der Waals surface area contributed by atoms with Crippen LogP contribution < -0.4 is 4.74 Å². The van der Waals surface area contributed by atoms with Crippen molar-refractivity contribution in [2.45, 2.75) is 6.61 Å². The first kappa shape index (κ1) is 21.2. The number of phenolic OH excluding ortho intramolecular Hbond substituents is 1. The van der Waals surface area contributed by atoms with Gasteiger partial charge in [0.25, 0.3) is 0 Å². The molecule has 5 nitrogen and oxygen atoms in total. The average Bonchev–Trinajstić information content (AvgIpc) is 3.33. The standard InChI is InChI=1S/C29H22N2O3/c32-23-17-10-18-24(34-19-20-11-4-1-5-12-20)25(23)28-26(29(33)22-15-8-3-9-16-22)27(30-31-28)21-13-6-2-7-14-21/h1-18,32H,19H2,(H,30,31). The highest BCUT2D eigenvalue weighted by molar-refractivity contribution is 6.16. The van der Waals surface area contributed by atoms with E-state index in [0.29, 0.717) is 40.4 Å². The van der Waals surface area contributed by atoms with E-state index in [4.69, 9.17) is 4.74 Å². The Morgan fingerprint density at radius 3 is 2.15 bits per heavy atom. The summed E-state index contributed by atoms with van der Waals surface area (Å²) in [5.74, 6) is 0.255. The maximum Gasteiger partial charge on any atom is 0.197 e. The number of nitrogens with one attached hydrogen (secondary N) is 1. The molecule has 1 aromatic heterocycles. The van der Waals surface area contributed by atoms with Gasteiger partial charge in [-0.15, -0.1) is 0 Å². The van der Waals surface area contributed by atoms with E-state index in [-0.39, 0.29) is 11.5 Å². The number of ether oxygens (including phenoxy) is 1. The highest BCUT2D eigenvalue weighted by Crippen LogP contribution is 2.41. The lowest BCUT2D eigenvalue weighted by atomic mass is 9.94. The number of H-pyrrole nitrogens is 1. The van der Waals surface area contributed by atoms with Crippen LogP contribution in [0.2, 0.25) is 0 Å². The van der Waals surface area contributed by atoms with E-state index in [2.05, 4.69) is 10.2 Å². The molecule has 1 heterocycles. The summed E-state index contributed by atoms with van der Waals surface area (Å²) in [5, 5.41) is 18.4. The smallest absolute Gasteiger partial charge is 0.197 e. The number of hydrogen-bond acceptors (Lipinski definition) is 4. The van der Waals surface area contributed by atoms with Crippen LogP contribution in [0.4, 0.5) is 0 Å². The Balaban J connectivity index is 1.65. The molecule has 0 aliphatic heterocycles. The van der Waals surface area contributed by atoms with Gasteiger partial charge in [0.05, 0.1) is 16.8 Å². The first-order chi connectivity index (χ1) is 16.7. The zero-order chi connectivity index (χ0) is 23.3. The second kappa shape index (κ2) is 9.46. The lowest BCUT2D eigenvalue weighted by Gasteiger charge is -2.14. The van der Waals surface area contributed by atoms with Gasteiger partial charge in [0.2, 0.25) is 0 Å². The number of ketones is 1. The van der Waals surface area contributed by atoms with Crippen LogP contribution in [0, 0.1) is 0 Å². The molecule has 0 aliphatic carbocycles. The van der Waals surface area contributed by atoms with E-state index in [1.54, 1.807) is 30.3 Å². The van der Waals surface area contributed by atoms with Gasteiger partial charge in [0.15, 0.2) is 5.78 Å². The van der Waals surface area contributed by atoms with Crippen molar-refractivity contribution >= 4 is 5.78 Å². The van der Waals surface area contributed by atoms with Gasteiger partial charge in [0, 0.05) is 11.1 Å². The normalized spacial score (nSPS) is 10.7. The molecule has 0 saturated carbocycles. The van der Waals surface area contributed by atoms with Crippen LogP contribution >= 0.6 is 0 Å². The maximum atomic E-state index is 13.7. The van der Waals surface area contributed by atoms with Crippen LogP contribution in [0.3, 0.4) is 0 Å². The van der Waals surface area contributed by atoms with Crippen LogP contribution in [0.1, 0.15) is 21.5 Å². The number of benzene rings is 4. The van der Waals surface area contributed by atoms with Gasteiger partial charge in [0.1, 0.15) is 23.8 Å². The van der Waals surface area contributed by atoms with Crippen LogP contribution in [-0.2, 0) is 6.61 Å². The molecule has 0 saturated heterocycles. The number of aromatic amines is 1. The van der Waals surface area contributed by atoms with Gasteiger partial charge in [-0.1, -0.05) is 97.1 Å². The highest BCUT2D eigenvalue weighted by Gasteiger charge is 2.27. The zero-order valence-electron chi connectivity index (χ0n) is 18.3. The van der Waals surface area contributed by atoms with Gasteiger partial charge >= 0.3 is 0 Å². The quantitative estimate of drug-likeness (QED) is 0.289. The Hall–Kier alpha value is -4.64. The first-order valence-electron chi connectivity index (χ1n) is 10.9. The molecule has 0 spiro atoms. The molecular weight excluding hydrogens is 424 g/mol. The summed E-state index contributed by atoms with van der Waals surface area (Å²) < 4.78 is 6.09. The third-order valence-electron chi connectivity index (χ3n) is 5.57. The number of rotatable bonds is 7. The molecule has 34 heavy (non-hydrogen) atoms. The Morgan fingerprint density at radius 2 is 1.44 bits per heavy atom. The number of aromatic hydroxyl groups is 1. The molecule has 0 aliphatic rings. The first-order valence-corrected chi connectivity index (χ1v) is 10.9. The monoisotopic (exact) mass is 446 g/mol. The highest BCUT2D eigenvalue weighted by atomic mass is 16.5. The summed E-state index contributed by atoms with van der Waals surface area (Å²) in [6, 6.07) is 33.4. The molecule has 0 amide bonds. The van der Waals surface area contributed by atoms with Crippen molar-refractivity contribution in [2.75, 3.05) is 0 Å². The lowest BCUT2D eigenvalue weighted by Crippen LogP contribution is -2.05. The van der Waals surface area contributed by atoms with Crippen molar-refractivity contribution in [1.82, 2.24) is 10.2 Å². The van der Waals surface area contributed by atoms with E-state index in [1.807, 2.05) is 78.9 Å². The molecular formula is C29H22N2O3. The predicted octanol–water partition coefficient (Wildman–Crippen LogP) is 6.26. The van der Waals surface area contributed by atoms with Crippen molar-refractivity contribution in [3.8, 4) is 34.0 Å². The van der Waals surface area contributed by atoms with Crippen molar-refractivity contribution in [3.63, 3.8) is 0 Å². The van der Waals surface area contributed by atoms with Crippen LogP contribution in [-0.4, -0.2) is 21.1 Å². The summed E-state index contributed by atoms with van der Waals surface area (Å²) in [6.45, 7) is 0.318. The van der Waals surface area contributed by atoms with Gasteiger partial charge < -0.3 is 9.84 Å². The zero-order valence-corrected chi connectivity index (χ0v) is 18.3. The molecule has 5 rings (SSSR count).